The van der Waals surface area contributed by atoms with Gasteiger partial charge in [0.25, 0.3) is 0 Å². The van der Waals surface area contributed by atoms with Crippen molar-refractivity contribution in [2.75, 3.05) is 33.2 Å². The monoisotopic (exact) mass is 324 g/mol. The van der Waals surface area contributed by atoms with Crippen LogP contribution < -0.4 is 11.1 Å². The normalized spacial score (nSPS) is 16.3. The predicted octanol–water partition coefficient (Wildman–Crippen LogP) is 0.0418. The summed E-state index contributed by atoms with van der Waals surface area (Å²) in [4.78, 5) is 30.7. The van der Waals surface area contributed by atoms with Crippen molar-refractivity contribution in [1.82, 2.24) is 25.3 Å². The van der Waals surface area contributed by atoms with Gasteiger partial charge in [-0.2, -0.15) is 4.98 Å². The van der Waals surface area contributed by atoms with E-state index in [0.717, 1.165) is 19.6 Å². The van der Waals surface area contributed by atoms with Crippen LogP contribution in [0.1, 0.15) is 36.3 Å². The fourth-order valence-electron chi connectivity index (χ4n) is 2.73. The smallest absolute Gasteiger partial charge is 0.317 e. The van der Waals surface area contributed by atoms with Crippen molar-refractivity contribution in [3.63, 3.8) is 0 Å². The van der Waals surface area contributed by atoms with Gasteiger partial charge < -0.3 is 25.4 Å². The second kappa shape index (κ2) is 7.91. The maximum atomic E-state index is 12.1. The molecule has 0 radical (unpaired) electrons. The summed E-state index contributed by atoms with van der Waals surface area (Å²) >= 11 is 0. The average molecular weight is 324 g/mol. The Morgan fingerprint density at radius 1 is 1.43 bits per heavy atom. The van der Waals surface area contributed by atoms with Crippen molar-refractivity contribution in [2.45, 2.75) is 26.3 Å². The number of carbonyl (C=O) groups excluding carboxylic acids is 2. The highest BCUT2D eigenvalue weighted by Crippen LogP contribution is 2.10. The van der Waals surface area contributed by atoms with Crippen LogP contribution >= 0.6 is 0 Å². The zero-order chi connectivity index (χ0) is 16.8. The lowest BCUT2D eigenvalue weighted by Gasteiger charge is -2.25. The fourth-order valence-corrected chi connectivity index (χ4v) is 2.73. The molecule has 1 aliphatic rings. The van der Waals surface area contributed by atoms with E-state index in [2.05, 4.69) is 31.8 Å². The van der Waals surface area contributed by atoms with Gasteiger partial charge in [0.1, 0.15) is 0 Å². The molecule has 9 heteroatoms. The Labute approximate surface area is 135 Å². The molecule has 3 amide bonds. The molecule has 1 aliphatic heterocycles. The third-order valence-electron chi connectivity index (χ3n) is 3.78. The topological polar surface area (TPSA) is 118 Å². The molecule has 1 aromatic heterocycles. The van der Waals surface area contributed by atoms with E-state index >= 15 is 0 Å². The lowest BCUT2D eigenvalue weighted by Crippen LogP contribution is -2.41. The molecular formula is C14H24N6O3. The molecule has 3 N–H and O–H groups in total. The van der Waals surface area contributed by atoms with Crippen LogP contribution in [0, 0.1) is 5.92 Å². The van der Waals surface area contributed by atoms with Gasteiger partial charge in [-0.25, -0.2) is 4.79 Å². The van der Waals surface area contributed by atoms with Crippen molar-refractivity contribution in [3.05, 3.63) is 11.7 Å². The van der Waals surface area contributed by atoms with E-state index in [1.807, 2.05) is 0 Å². The number of hydrogen-bond acceptors (Lipinski definition) is 6. The van der Waals surface area contributed by atoms with Crippen LogP contribution in [-0.2, 0) is 6.54 Å². The second-order valence-electron chi connectivity index (χ2n) is 6.03. The SMILES string of the molecule is C[C@H](CN1CCCC1)CN(C)C(=O)NCc1noc(C(N)=O)n1. The quantitative estimate of drug-likeness (QED) is 0.731. The number of primary amides is 1. The maximum Gasteiger partial charge on any atom is 0.317 e. The van der Waals surface area contributed by atoms with Crippen molar-refractivity contribution in [2.24, 2.45) is 11.7 Å². The Hall–Kier alpha value is -2.16. The van der Waals surface area contributed by atoms with Crippen molar-refractivity contribution >= 4 is 11.9 Å². The molecule has 2 rings (SSSR count). The zero-order valence-electron chi connectivity index (χ0n) is 13.6. The van der Waals surface area contributed by atoms with Gasteiger partial charge in [-0.05, 0) is 31.8 Å². The number of nitrogens with one attached hydrogen (secondary N) is 1. The van der Waals surface area contributed by atoms with Gasteiger partial charge in [-0.15, -0.1) is 0 Å². The molecule has 1 saturated heterocycles. The number of amides is 3. The summed E-state index contributed by atoms with van der Waals surface area (Å²) in [5.74, 6) is -0.439. The molecule has 1 aromatic rings. The van der Waals surface area contributed by atoms with Crippen LogP contribution in [0.25, 0.3) is 0 Å². The minimum atomic E-state index is -0.789. The average Bonchev–Trinajstić information content (AvgIpc) is 3.15. The Bertz CT molecular complexity index is 540. The summed E-state index contributed by atoms with van der Waals surface area (Å²) in [6.45, 7) is 6.20. The Kier molecular flexibility index (Phi) is 5.91. The highest BCUT2D eigenvalue weighted by Gasteiger charge is 2.18. The van der Waals surface area contributed by atoms with E-state index in [1.54, 1.807) is 11.9 Å². The Morgan fingerprint density at radius 2 is 2.13 bits per heavy atom. The van der Waals surface area contributed by atoms with E-state index in [9.17, 15) is 9.59 Å². The van der Waals surface area contributed by atoms with E-state index in [4.69, 9.17) is 5.73 Å². The maximum absolute atomic E-state index is 12.1. The minimum Gasteiger partial charge on any atom is -0.361 e. The molecule has 0 bridgehead atoms. The van der Waals surface area contributed by atoms with E-state index in [0.29, 0.717) is 12.5 Å². The summed E-state index contributed by atoms with van der Waals surface area (Å²) in [6.07, 6.45) is 2.53. The molecule has 1 fully saturated rings. The molecule has 0 unspecified atom stereocenters. The first-order valence-electron chi connectivity index (χ1n) is 7.79. The number of urea groups is 1. The van der Waals surface area contributed by atoms with Crippen LogP contribution in [0.4, 0.5) is 4.79 Å². The Balaban J connectivity index is 1.72. The summed E-state index contributed by atoms with van der Waals surface area (Å²) in [5.41, 5.74) is 5.02. The lowest BCUT2D eigenvalue weighted by atomic mass is 10.1. The van der Waals surface area contributed by atoms with Gasteiger partial charge in [0.05, 0.1) is 6.54 Å². The molecule has 0 aromatic carbocycles. The van der Waals surface area contributed by atoms with Gasteiger partial charge >= 0.3 is 17.8 Å². The summed E-state index contributed by atoms with van der Waals surface area (Å²) in [5, 5.41) is 6.26. The molecule has 128 valence electrons. The van der Waals surface area contributed by atoms with Crippen LogP contribution in [0.3, 0.4) is 0 Å². The van der Waals surface area contributed by atoms with Crippen LogP contribution in [0.5, 0.6) is 0 Å². The first kappa shape index (κ1) is 17.2. The summed E-state index contributed by atoms with van der Waals surface area (Å²) in [7, 11) is 1.75. The minimum absolute atomic E-state index is 0.0838. The van der Waals surface area contributed by atoms with Crippen LogP contribution in [0.15, 0.2) is 4.52 Å². The van der Waals surface area contributed by atoms with E-state index < -0.39 is 5.91 Å². The first-order chi connectivity index (χ1) is 11.0. The third kappa shape index (κ3) is 5.20. The lowest BCUT2D eigenvalue weighted by molar-refractivity contribution is 0.0958. The molecule has 1 atom stereocenters. The van der Waals surface area contributed by atoms with Crippen LogP contribution in [-0.4, -0.2) is 65.1 Å². The fraction of sp³-hybridized carbons (Fsp3) is 0.714. The van der Waals surface area contributed by atoms with Gasteiger partial charge in [-0.1, -0.05) is 12.1 Å². The number of nitrogens with two attached hydrogens (primary N) is 1. The van der Waals surface area contributed by atoms with Crippen LogP contribution in [0.2, 0.25) is 0 Å². The molecule has 0 saturated carbocycles. The summed E-state index contributed by atoms with van der Waals surface area (Å²) in [6, 6.07) is -0.219. The standard InChI is InChI=1S/C14H24N6O3/c1-10(9-20-5-3-4-6-20)8-19(2)14(22)16-7-11-17-13(12(15)21)23-18-11/h10H,3-9H2,1-2H3,(H2,15,21)(H,16,22)/t10-/m0/s1. The van der Waals surface area contributed by atoms with Crippen molar-refractivity contribution in [1.29, 1.82) is 0 Å². The zero-order valence-corrected chi connectivity index (χ0v) is 13.6. The van der Waals surface area contributed by atoms with Gasteiger partial charge in [0, 0.05) is 20.1 Å². The second-order valence-corrected chi connectivity index (χ2v) is 6.03. The number of nitrogens with zero attached hydrogens (tertiary/aromatic N) is 4. The number of carbonyl (C=O) groups is 2. The predicted molar refractivity (Wildman–Crippen MR) is 82.5 cm³/mol. The van der Waals surface area contributed by atoms with Crippen molar-refractivity contribution < 1.29 is 14.1 Å². The first-order valence-corrected chi connectivity index (χ1v) is 7.79. The van der Waals surface area contributed by atoms with Gasteiger partial charge in [-0.3, -0.25) is 4.79 Å². The summed E-state index contributed by atoms with van der Waals surface area (Å²) < 4.78 is 4.65. The third-order valence-corrected chi connectivity index (χ3v) is 3.78. The molecular weight excluding hydrogens is 300 g/mol. The van der Waals surface area contributed by atoms with Gasteiger partial charge in [0.2, 0.25) is 0 Å². The Morgan fingerprint density at radius 3 is 2.74 bits per heavy atom. The highest BCUT2D eigenvalue weighted by molar-refractivity contribution is 5.87. The molecule has 0 aliphatic carbocycles. The molecule has 2 heterocycles. The van der Waals surface area contributed by atoms with E-state index in [1.165, 1.54) is 12.8 Å². The number of aromatic nitrogens is 2. The number of hydrogen-bond donors (Lipinski definition) is 2. The molecule has 0 spiro atoms. The van der Waals surface area contributed by atoms with Gasteiger partial charge in [0.15, 0.2) is 5.82 Å². The largest absolute Gasteiger partial charge is 0.361 e. The van der Waals surface area contributed by atoms with E-state index in [-0.39, 0.29) is 24.3 Å². The number of rotatable bonds is 7. The molecule has 9 nitrogen and oxygen atoms in total. The highest BCUT2D eigenvalue weighted by atomic mass is 16.5. The molecule has 23 heavy (non-hydrogen) atoms. The number of likely N-dealkylation sites (tertiary alicyclic amines) is 1. The van der Waals surface area contributed by atoms with Crippen molar-refractivity contribution in [3.8, 4) is 0 Å².